The highest BCUT2D eigenvalue weighted by atomic mass is 19.3. The average molecular weight is 290 g/mol. The van der Waals surface area contributed by atoms with Gasteiger partial charge in [0.2, 0.25) is 5.91 Å². The number of alkyl halides is 2. The molecule has 1 aliphatic heterocycles. The fourth-order valence-electron chi connectivity index (χ4n) is 2.40. The average Bonchev–Trinajstić information content (AvgIpc) is 2.35. The van der Waals surface area contributed by atoms with Gasteiger partial charge in [-0.2, -0.15) is 0 Å². The maximum absolute atomic E-state index is 14.0. The minimum Gasteiger partial charge on any atom is -0.499 e. The Bertz CT molecular complexity index is 348. The summed E-state index contributed by atoms with van der Waals surface area (Å²) in [6.07, 6.45) is 1.45. The molecule has 1 N–H and O–H groups in total. The van der Waals surface area contributed by atoms with Gasteiger partial charge in [0.1, 0.15) is 0 Å². The highest BCUT2D eigenvalue weighted by Crippen LogP contribution is 2.35. The first-order chi connectivity index (χ1) is 9.35. The highest BCUT2D eigenvalue weighted by Gasteiger charge is 2.44. The Morgan fingerprint density at radius 2 is 2.25 bits per heavy atom. The molecule has 0 aliphatic carbocycles. The van der Waals surface area contributed by atoms with E-state index in [0.717, 1.165) is 0 Å². The molecule has 116 valence electrons. The molecule has 0 bridgehead atoms. The van der Waals surface area contributed by atoms with Crippen LogP contribution in [0, 0.1) is 5.92 Å². The van der Waals surface area contributed by atoms with Crippen LogP contribution in [0.3, 0.4) is 0 Å². The molecule has 4 nitrogen and oxygen atoms in total. The van der Waals surface area contributed by atoms with Crippen molar-refractivity contribution in [1.29, 1.82) is 0 Å². The molecule has 1 heterocycles. The van der Waals surface area contributed by atoms with Crippen molar-refractivity contribution in [3.63, 3.8) is 0 Å². The minimum absolute atomic E-state index is 0.0393. The van der Waals surface area contributed by atoms with Gasteiger partial charge >= 0.3 is 0 Å². The van der Waals surface area contributed by atoms with E-state index < -0.39 is 11.8 Å². The molecular formula is C14H24F2N2O2. The highest BCUT2D eigenvalue weighted by molar-refractivity contribution is 5.77. The third kappa shape index (κ3) is 5.45. The summed E-state index contributed by atoms with van der Waals surface area (Å²) in [5, 5.41) is 2.45. The Morgan fingerprint density at radius 1 is 1.55 bits per heavy atom. The summed E-state index contributed by atoms with van der Waals surface area (Å²) in [5.74, 6) is -2.99. The number of ether oxygens (including phenoxy) is 1. The molecule has 20 heavy (non-hydrogen) atoms. The van der Waals surface area contributed by atoms with Gasteiger partial charge in [0.05, 0.1) is 25.5 Å². The Labute approximate surface area is 119 Å². The zero-order valence-electron chi connectivity index (χ0n) is 12.3. The van der Waals surface area contributed by atoms with Crippen molar-refractivity contribution in [3.8, 4) is 0 Å². The molecule has 1 saturated heterocycles. The smallest absolute Gasteiger partial charge is 0.263 e. The molecule has 0 aromatic rings. The molecular weight excluding hydrogens is 266 g/mol. The fraction of sp³-hybridized carbons (Fsp3) is 0.786. The second kappa shape index (κ2) is 7.57. The zero-order valence-corrected chi connectivity index (χ0v) is 12.3. The number of carbonyl (C=O) groups excluding carboxylic acids is 1. The number of likely N-dealkylation sites (N-methyl/N-ethyl adjacent to an activating group) is 1. The van der Waals surface area contributed by atoms with Crippen LogP contribution >= 0.6 is 0 Å². The summed E-state index contributed by atoms with van der Waals surface area (Å²) < 4.78 is 33.2. The van der Waals surface area contributed by atoms with E-state index in [0.29, 0.717) is 38.2 Å². The monoisotopic (exact) mass is 290 g/mol. The Kier molecular flexibility index (Phi) is 6.39. The number of likely N-dealkylation sites (tertiary alicyclic amines) is 1. The van der Waals surface area contributed by atoms with E-state index in [4.69, 9.17) is 4.74 Å². The van der Waals surface area contributed by atoms with E-state index in [-0.39, 0.29) is 19.0 Å². The number of nitrogens with zero attached hydrogens (tertiary/aromatic N) is 1. The summed E-state index contributed by atoms with van der Waals surface area (Å²) in [4.78, 5) is 12.7. The molecule has 0 aromatic heterocycles. The quantitative estimate of drug-likeness (QED) is 0.576. The Balaban J connectivity index is 2.37. The fourth-order valence-corrected chi connectivity index (χ4v) is 2.40. The van der Waals surface area contributed by atoms with E-state index in [1.165, 1.54) is 11.9 Å². The topological polar surface area (TPSA) is 41.6 Å². The number of nitrogens with one attached hydrogen (secondary N) is 1. The molecule has 0 saturated carbocycles. The van der Waals surface area contributed by atoms with Crippen LogP contribution in [0.5, 0.6) is 0 Å². The predicted molar refractivity (Wildman–Crippen MR) is 73.6 cm³/mol. The van der Waals surface area contributed by atoms with E-state index >= 15 is 0 Å². The molecule has 6 heteroatoms. The molecule has 1 amide bonds. The number of halogens is 2. The first-order valence-electron chi connectivity index (χ1n) is 6.94. The molecule has 0 radical (unpaired) electrons. The number of piperidine rings is 1. The van der Waals surface area contributed by atoms with Crippen molar-refractivity contribution in [2.24, 2.45) is 5.92 Å². The van der Waals surface area contributed by atoms with Crippen molar-refractivity contribution in [2.75, 3.05) is 33.3 Å². The van der Waals surface area contributed by atoms with Crippen LogP contribution in [-0.2, 0) is 9.53 Å². The predicted octanol–water partition coefficient (Wildman–Crippen LogP) is 2.02. The van der Waals surface area contributed by atoms with Crippen LogP contribution in [0.2, 0.25) is 0 Å². The molecule has 1 unspecified atom stereocenters. The van der Waals surface area contributed by atoms with Gasteiger partial charge in [-0.1, -0.05) is 6.58 Å². The van der Waals surface area contributed by atoms with Crippen LogP contribution in [0.4, 0.5) is 8.78 Å². The molecule has 0 aromatic carbocycles. The van der Waals surface area contributed by atoms with Crippen LogP contribution in [0.1, 0.15) is 26.2 Å². The van der Waals surface area contributed by atoms with Gasteiger partial charge < -0.3 is 10.1 Å². The van der Waals surface area contributed by atoms with E-state index in [9.17, 15) is 13.6 Å². The van der Waals surface area contributed by atoms with Gasteiger partial charge in [-0.05, 0) is 32.7 Å². The normalized spacial score (nSPS) is 22.3. The zero-order chi connectivity index (χ0) is 15.2. The van der Waals surface area contributed by atoms with Crippen molar-refractivity contribution in [2.45, 2.75) is 32.1 Å². The van der Waals surface area contributed by atoms with Crippen LogP contribution in [0.15, 0.2) is 12.3 Å². The maximum Gasteiger partial charge on any atom is 0.263 e. The van der Waals surface area contributed by atoms with E-state index in [1.807, 2.05) is 0 Å². The summed E-state index contributed by atoms with van der Waals surface area (Å²) >= 11 is 0. The van der Waals surface area contributed by atoms with Crippen molar-refractivity contribution < 1.29 is 18.3 Å². The third-order valence-corrected chi connectivity index (χ3v) is 3.52. The molecule has 0 spiro atoms. The lowest BCUT2D eigenvalue weighted by atomic mass is 9.88. The second-order valence-corrected chi connectivity index (χ2v) is 5.32. The van der Waals surface area contributed by atoms with Crippen molar-refractivity contribution in [1.82, 2.24) is 10.2 Å². The first kappa shape index (κ1) is 16.9. The van der Waals surface area contributed by atoms with Gasteiger partial charge in [0, 0.05) is 13.0 Å². The first-order valence-corrected chi connectivity index (χ1v) is 6.94. The Morgan fingerprint density at radius 3 is 2.80 bits per heavy atom. The standard InChI is InChI=1S/C14H24F2N2O2/c1-11(2)20-8-4-5-12-6-7-18(9-13(19)17-3)10-14(12,15)16/h12H,1,4-10H2,2-3H3,(H,17,19). The van der Waals surface area contributed by atoms with Gasteiger partial charge in [0.25, 0.3) is 5.92 Å². The summed E-state index contributed by atoms with van der Waals surface area (Å²) in [5.41, 5.74) is 0. The van der Waals surface area contributed by atoms with Crippen molar-refractivity contribution >= 4 is 5.91 Å². The van der Waals surface area contributed by atoms with Crippen LogP contribution < -0.4 is 5.32 Å². The number of carbonyl (C=O) groups is 1. The lowest BCUT2D eigenvalue weighted by Crippen LogP contribution is -2.51. The summed E-state index contributed by atoms with van der Waals surface area (Å²) in [6.45, 7) is 6.01. The van der Waals surface area contributed by atoms with E-state index in [2.05, 4.69) is 11.9 Å². The van der Waals surface area contributed by atoms with E-state index in [1.54, 1.807) is 6.92 Å². The minimum atomic E-state index is -2.74. The van der Waals surface area contributed by atoms with Gasteiger partial charge in [0.15, 0.2) is 0 Å². The van der Waals surface area contributed by atoms with Crippen molar-refractivity contribution in [3.05, 3.63) is 12.3 Å². The van der Waals surface area contributed by atoms with Crippen LogP contribution in [0.25, 0.3) is 0 Å². The number of hydrogen-bond acceptors (Lipinski definition) is 3. The Hall–Kier alpha value is -1.17. The van der Waals surface area contributed by atoms with Gasteiger partial charge in [-0.15, -0.1) is 0 Å². The lowest BCUT2D eigenvalue weighted by molar-refractivity contribution is -0.131. The van der Waals surface area contributed by atoms with Crippen LogP contribution in [-0.4, -0.2) is 50.0 Å². The molecule has 1 fully saturated rings. The number of amides is 1. The molecule has 1 rings (SSSR count). The number of rotatable bonds is 7. The lowest BCUT2D eigenvalue weighted by Gasteiger charge is -2.38. The number of hydrogen-bond donors (Lipinski definition) is 1. The molecule has 1 atom stereocenters. The maximum atomic E-state index is 14.0. The summed E-state index contributed by atoms with van der Waals surface area (Å²) in [6, 6.07) is 0. The summed E-state index contributed by atoms with van der Waals surface area (Å²) in [7, 11) is 1.51. The third-order valence-electron chi connectivity index (χ3n) is 3.52. The molecule has 1 aliphatic rings. The SMILES string of the molecule is C=C(C)OCCCC1CCN(CC(=O)NC)CC1(F)F. The van der Waals surface area contributed by atoms with Gasteiger partial charge in [-0.25, -0.2) is 8.78 Å². The number of allylic oxidation sites excluding steroid dienone is 1. The largest absolute Gasteiger partial charge is 0.499 e. The van der Waals surface area contributed by atoms with Gasteiger partial charge in [-0.3, -0.25) is 9.69 Å². The second-order valence-electron chi connectivity index (χ2n) is 5.32.